The largest absolute Gasteiger partial charge is 0.314 e. The molecule has 61 heavy (non-hydrogen) atoms. The van der Waals surface area contributed by atoms with Crippen molar-refractivity contribution in [2.24, 2.45) is 0 Å². The maximum absolute atomic E-state index is 2.58. The number of hydrogen-bond donors (Lipinski definition) is 0. The van der Waals surface area contributed by atoms with E-state index in [9.17, 15) is 0 Å². The molecule has 0 amide bonds. The Morgan fingerprint density at radius 2 is 1.21 bits per heavy atom. The molecule has 13 rings (SSSR count). The van der Waals surface area contributed by atoms with E-state index in [0.29, 0.717) is 0 Å². The van der Waals surface area contributed by atoms with Crippen LogP contribution in [0.5, 0.6) is 0 Å². The zero-order valence-electron chi connectivity index (χ0n) is 34.9. The summed E-state index contributed by atoms with van der Waals surface area (Å²) in [5.74, 6) is 0.178. The molecule has 1 aliphatic heterocycles. The van der Waals surface area contributed by atoms with Crippen molar-refractivity contribution in [3.63, 3.8) is 0 Å². The minimum atomic E-state index is 0.178. The fraction of sp³-hybridized carbons (Fsp3) is 0.123. The van der Waals surface area contributed by atoms with Crippen LogP contribution in [0.3, 0.4) is 0 Å². The number of aryl methyl sites for hydroxylation is 4. The average molecular weight is 785 g/mol. The molecule has 0 saturated heterocycles. The zero-order valence-corrected chi connectivity index (χ0v) is 34.9. The van der Waals surface area contributed by atoms with Crippen LogP contribution in [0.15, 0.2) is 175 Å². The summed E-state index contributed by atoms with van der Waals surface area (Å²) < 4.78 is 5.14. The molecule has 1 unspecified atom stereocenters. The van der Waals surface area contributed by atoms with Gasteiger partial charge in [-0.05, 0) is 135 Å². The van der Waals surface area contributed by atoms with Gasteiger partial charge in [0.15, 0.2) is 0 Å². The molecule has 10 aromatic rings. The van der Waals surface area contributed by atoms with Gasteiger partial charge in [-0.1, -0.05) is 97.1 Å². The average Bonchev–Trinajstić information content (AvgIpc) is 4.08. The fourth-order valence-electron chi connectivity index (χ4n) is 11.0. The molecule has 3 aromatic heterocycles. The first-order chi connectivity index (χ1) is 29.9. The number of rotatable bonds is 6. The summed E-state index contributed by atoms with van der Waals surface area (Å²) in [6.07, 6.45) is 13.8. The number of aromatic nitrogens is 2. The van der Waals surface area contributed by atoms with Crippen LogP contribution in [0.25, 0.3) is 65.6 Å². The van der Waals surface area contributed by atoms with Crippen molar-refractivity contribution in [1.29, 1.82) is 0 Å². The second kappa shape index (κ2) is 12.6. The van der Waals surface area contributed by atoms with Gasteiger partial charge in [-0.15, -0.1) is 0 Å². The number of fused-ring (bicyclic) bond motifs is 12. The normalized spacial score (nSPS) is 15.8. The molecule has 1 atom stereocenters. The molecule has 4 heterocycles. The third kappa shape index (κ3) is 4.82. The predicted octanol–water partition coefficient (Wildman–Crippen LogP) is 15.2. The highest BCUT2D eigenvalue weighted by Gasteiger charge is 2.36. The van der Waals surface area contributed by atoms with Crippen LogP contribution in [0, 0.1) is 27.7 Å². The molecular weight excluding hydrogens is 741 g/mol. The first-order valence-electron chi connectivity index (χ1n) is 21.7. The van der Waals surface area contributed by atoms with Gasteiger partial charge in [0, 0.05) is 78.1 Å². The summed E-state index contributed by atoms with van der Waals surface area (Å²) in [5.41, 5.74) is 21.5. The Hall–Kier alpha value is -7.30. The summed E-state index contributed by atoms with van der Waals surface area (Å²) >= 11 is 0. The molecule has 7 aromatic carbocycles. The van der Waals surface area contributed by atoms with Crippen molar-refractivity contribution in [3.8, 4) is 0 Å². The summed E-state index contributed by atoms with van der Waals surface area (Å²) in [5, 5.41) is 7.81. The molecule has 0 N–H and O–H groups in total. The molecule has 3 aliphatic rings. The maximum atomic E-state index is 2.58. The molecule has 292 valence electrons. The van der Waals surface area contributed by atoms with Gasteiger partial charge in [0.2, 0.25) is 0 Å². The van der Waals surface area contributed by atoms with E-state index in [1.165, 1.54) is 128 Å². The van der Waals surface area contributed by atoms with Gasteiger partial charge >= 0.3 is 0 Å². The molecule has 0 fully saturated rings. The van der Waals surface area contributed by atoms with E-state index in [2.05, 4.69) is 210 Å². The monoisotopic (exact) mass is 784 g/mol. The van der Waals surface area contributed by atoms with Crippen LogP contribution < -0.4 is 9.80 Å². The molecule has 0 radical (unpaired) electrons. The maximum Gasteiger partial charge on any atom is 0.0620 e. The lowest BCUT2D eigenvalue weighted by Gasteiger charge is -2.30. The highest BCUT2D eigenvalue weighted by molar-refractivity contribution is 6.27. The third-order valence-corrected chi connectivity index (χ3v) is 13.8. The van der Waals surface area contributed by atoms with Crippen LogP contribution in [0.1, 0.15) is 46.6 Å². The van der Waals surface area contributed by atoms with E-state index >= 15 is 0 Å². The van der Waals surface area contributed by atoms with Crippen LogP contribution in [-0.2, 0) is 0 Å². The van der Waals surface area contributed by atoms with E-state index < -0.39 is 0 Å². The Morgan fingerprint density at radius 1 is 0.541 bits per heavy atom. The lowest BCUT2D eigenvalue weighted by atomic mass is 9.97. The Kier molecular flexibility index (Phi) is 7.14. The molecule has 0 saturated carbocycles. The van der Waals surface area contributed by atoms with Gasteiger partial charge in [0.25, 0.3) is 0 Å². The molecule has 0 spiro atoms. The minimum Gasteiger partial charge on any atom is -0.314 e. The van der Waals surface area contributed by atoms with Crippen molar-refractivity contribution < 1.29 is 0 Å². The summed E-state index contributed by atoms with van der Waals surface area (Å²) in [7, 11) is 0. The second-order valence-corrected chi connectivity index (χ2v) is 17.6. The number of hydrogen-bond acceptors (Lipinski definition) is 2. The Labute approximate surface area is 355 Å². The van der Waals surface area contributed by atoms with Gasteiger partial charge < -0.3 is 18.8 Å². The molecule has 2 aliphatic carbocycles. The van der Waals surface area contributed by atoms with Gasteiger partial charge in [-0.3, -0.25) is 0 Å². The summed E-state index contributed by atoms with van der Waals surface area (Å²) in [6.45, 7) is 8.84. The third-order valence-electron chi connectivity index (χ3n) is 13.8. The molecule has 4 nitrogen and oxygen atoms in total. The van der Waals surface area contributed by atoms with Crippen LogP contribution in [0.4, 0.5) is 22.7 Å². The lowest BCUT2D eigenvalue weighted by Crippen LogP contribution is -2.18. The van der Waals surface area contributed by atoms with E-state index in [-0.39, 0.29) is 5.92 Å². The van der Waals surface area contributed by atoms with Crippen LogP contribution in [-0.4, -0.2) is 8.97 Å². The molecule has 4 heteroatoms. The van der Waals surface area contributed by atoms with Crippen molar-refractivity contribution in [2.45, 2.75) is 46.5 Å². The second-order valence-electron chi connectivity index (χ2n) is 17.6. The van der Waals surface area contributed by atoms with Gasteiger partial charge in [0.1, 0.15) is 0 Å². The lowest BCUT2D eigenvalue weighted by molar-refractivity contribution is 0.915. The number of nitrogens with zero attached hydrogens (tertiary/aromatic N) is 4. The fourth-order valence-corrected chi connectivity index (χ4v) is 11.0. The van der Waals surface area contributed by atoms with E-state index in [0.717, 1.165) is 12.8 Å². The van der Waals surface area contributed by atoms with E-state index in [4.69, 9.17) is 0 Å². The zero-order chi connectivity index (χ0) is 40.7. The van der Waals surface area contributed by atoms with Gasteiger partial charge in [-0.25, -0.2) is 0 Å². The Balaban J connectivity index is 1.03. The highest BCUT2D eigenvalue weighted by Crippen LogP contribution is 2.53. The van der Waals surface area contributed by atoms with Gasteiger partial charge in [0.05, 0.1) is 27.6 Å². The quantitative estimate of drug-likeness (QED) is 0.167. The van der Waals surface area contributed by atoms with E-state index in [1.807, 2.05) is 0 Å². The van der Waals surface area contributed by atoms with Crippen molar-refractivity contribution in [1.82, 2.24) is 8.97 Å². The summed E-state index contributed by atoms with van der Waals surface area (Å²) in [6, 6.07) is 50.4. The number of anilines is 4. The minimum absolute atomic E-state index is 0.178. The number of benzene rings is 7. The van der Waals surface area contributed by atoms with Crippen LogP contribution in [0.2, 0.25) is 0 Å². The van der Waals surface area contributed by atoms with Crippen LogP contribution >= 0.6 is 0 Å². The number of para-hydroxylation sites is 3. The smallest absolute Gasteiger partial charge is 0.0620 e. The van der Waals surface area contributed by atoms with Crippen molar-refractivity contribution >= 4 is 88.3 Å². The first-order valence-corrected chi connectivity index (χ1v) is 21.7. The van der Waals surface area contributed by atoms with Crippen molar-refractivity contribution in [3.05, 3.63) is 203 Å². The molecular formula is C57H44N4. The summed E-state index contributed by atoms with van der Waals surface area (Å²) in [4.78, 5) is 4.96. The standard InChI is InChI=1S/C57H44N4/c1-34-21-23-36(3)50(27-34)58(38-13-7-5-8-14-38)40-25-26-42-43-17-11-19-45-48-33-55-49(32-54(48)60(56(43)45)52(42)30-40)46-20-12-18-44-47-29-41(31-53(47)61(55)57(44)46)59(39-15-9-6-10-16-39)51-28-35(2)22-24-37(51)4/h5-7,9-13,15-33,47H,8,14H2,1-4H3. The predicted molar refractivity (Wildman–Crippen MR) is 258 cm³/mol. The topological polar surface area (TPSA) is 15.8 Å². The Morgan fingerprint density at radius 3 is 1.97 bits per heavy atom. The number of allylic oxidation sites excluding steroid dienone is 7. The SMILES string of the molecule is Cc1ccc(C)c(N(C2=CC3C(=C2)n2c4cc5c6cccc7c8ccc(N(C9=CC=CCC9)c9cc(C)ccc9C)cc8n(c5cc4c4cccc3c42)c76)c2ccccc2)c1. The van der Waals surface area contributed by atoms with Crippen molar-refractivity contribution in [2.75, 3.05) is 9.80 Å². The highest BCUT2D eigenvalue weighted by atomic mass is 15.2. The Bertz CT molecular complexity index is 3640. The first kappa shape index (κ1) is 34.6. The molecule has 0 bridgehead atoms. The van der Waals surface area contributed by atoms with Gasteiger partial charge in [-0.2, -0.15) is 0 Å². The van der Waals surface area contributed by atoms with E-state index in [1.54, 1.807) is 0 Å².